The van der Waals surface area contributed by atoms with Gasteiger partial charge in [0.1, 0.15) is 6.67 Å². The van der Waals surface area contributed by atoms with Crippen molar-refractivity contribution in [1.82, 2.24) is 25.1 Å². The van der Waals surface area contributed by atoms with Gasteiger partial charge in [0.2, 0.25) is 5.82 Å². The number of hydrogen-bond donors (Lipinski definition) is 0. The molecule has 118 valence electrons. The molecule has 0 radical (unpaired) electrons. The largest absolute Gasteiger partial charge is 0.282 e. The summed E-state index contributed by atoms with van der Waals surface area (Å²) >= 11 is 0. The molecule has 8 heteroatoms. The van der Waals surface area contributed by atoms with Crippen molar-refractivity contribution in [2.75, 3.05) is 18.6 Å². The summed E-state index contributed by atoms with van der Waals surface area (Å²) in [4.78, 5) is 3.46. The quantitative estimate of drug-likeness (QED) is 0.825. The van der Waals surface area contributed by atoms with Gasteiger partial charge in [0, 0.05) is 11.6 Å². The van der Waals surface area contributed by atoms with E-state index in [2.05, 4.69) is 15.4 Å². The van der Waals surface area contributed by atoms with Crippen molar-refractivity contribution < 1.29 is 8.42 Å². The summed E-state index contributed by atoms with van der Waals surface area (Å²) in [6.45, 7) is 2.46. The third-order valence-corrected chi connectivity index (χ3v) is 5.69. The number of rotatable bonds is 4. The van der Waals surface area contributed by atoms with Crippen LogP contribution in [0.2, 0.25) is 0 Å². The first kappa shape index (κ1) is 15.1. The maximum atomic E-state index is 11.5. The van der Waals surface area contributed by atoms with Crippen molar-refractivity contribution >= 4 is 9.84 Å². The maximum absolute atomic E-state index is 11.5. The number of aryl methyl sites for hydroxylation is 1. The van der Waals surface area contributed by atoms with Gasteiger partial charge < -0.3 is 0 Å². The summed E-state index contributed by atoms with van der Waals surface area (Å²) < 4.78 is 23.1. The standard InChI is InChI=1S/C14H19N5O2S/c1-11-3-5-12(6-4-11)14-15-17-19(16-14)10-18(2)13-7-8-22(20,21)9-13/h3-6,13H,7-10H2,1-2H3. The second kappa shape index (κ2) is 5.77. The van der Waals surface area contributed by atoms with Gasteiger partial charge in [-0.3, -0.25) is 4.90 Å². The van der Waals surface area contributed by atoms with E-state index in [9.17, 15) is 8.42 Å². The van der Waals surface area contributed by atoms with Crippen LogP contribution in [0.4, 0.5) is 0 Å². The fraction of sp³-hybridized carbons (Fsp3) is 0.500. The molecule has 1 aliphatic heterocycles. The number of tetrazole rings is 1. The van der Waals surface area contributed by atoms with Crippen molar-refractivity contribution in [3.63, 3.8) is 0 Å². The zero-order valence-corrected chi connectivity index (χ0v) is 13.5. The Morgan fingerprint density at radius 1 is 1.32 bits per heavy atom. The van der Waals surface area contributed by atoms with Gasteiger partial charge in [-0.15, -0.1) is 15.0 Å². The van der Waals surface area contributed by atoms with Crippen molar-refractivity contribution in [2.45, 2.75) is 26.1 Å². The molecule has 2 aromatic rings. The Kier molecular flexibility index (Phi) is 3.96. The molecule has 1 fully saturated rings. The van der Waals surface area contributed by atoms with Crippen LogP contribution in [0, 0.1) is 6.92 Å². The molecule has 0 saturated carbocycles. The van der Waals surface area contributed by atoms with Gasteiger partial charge in [0.05, 0.1) is 11.5 Å². The first-order chi connectivity index (χ1) is 10.4. The molecule has 1 aliphatic rings. The van der Waals surface area contributed by atoms with Crippen molar-refractivity contribution in [1.29, 1.82) is 0 Å². The lowest BCUT2D eigenvalue weighted by Gasteiger charge is -2.21. The SMILES string of the molecule is Cc1ccc(-c2nnn(CN(C)C3CCS(=O)(=O)C3)n2)cc1. The van der Waals surface area contributed by atoms with Gasteiger partial charge in [0.25, 0.3) is 0 Å². The molecule has 0 bridgehead atoms. The summed E-state index contributed by atoms with van der Waals surface area (Å²) in [5, 5.41) is 12.5. The lowest BCUT2D eigenvalue weighted by atomic mass is 10.1. The van der Waals surface area contributed by atoms with Gasteiger partial charge in [-0.25, -0.2) is 8.42 Å². The molecule has 0 amide bonds. The Bertz CT molecular complexity index is 754. The fourth-order valence-electron chi connectivity index (χ4n) is 2.56. The lowest BCUT2D eigenvalue weighted by molar-refractivity contribution is 0.184. The highest BCUT2D eigenvalue weighted by molar-refractivity contribution is 7.91. The summed E-state index contributed by atoms with van der Waals surface area (Å²) in [6, 6.07) is 7.96. The van der Waals surface area contributed by atoms with Gasteiger partial charge in [-0.05, 0) is 25.6 Å². The number of hydrogen-bond acceptors (Lipinski definition) is 6. The Labute approximate surface area is 129 Å². The van der Waals surface area contributed by atoms with E-state index in [1.54, 1.807) is 0 Å². The van der Waals surface area contributed by atoms with Crippen LogP contribution in [0.3, 0.4) is 0 Å². The topological polar surface area (TPSA) is 81.0 Å². The van der Waals surface area contributed by atoms with Crippen LogP contribution in [0.15, 0.2) is 24.3 Å². The van der Waals surface area contributed by atoms with E-state index < -0.39 is 9.84 Å². The van der Waals surface area contributed by atoms with Crippen LogP contribution in [0.25, 0.3) is 11.4 Å². The van der Waals surface area contributed by atoms with Gasteiger partial charge in [0.15, 0.2) is 9.84 Å². The van der Waals surface area contributed by atoms with E-state index in [-0.39, 0.29) is 17.5 Å². The van der Waals surface area contributed by atoms with Gasteiger partial charge >= 0.3 is 0 Å². The first-order valence-electron chi connectivity index (χ1n) is 7.18. The average Bonchev–Trinajstić information content (AvgIpc) is 3.06. The van der Waals surface area contributed by atoms with Gasteiger partial charge in [-0.1, -0.05) is 29.8 Å². The maximum Gasteiger partial charge on any atom is 0.204 e. The minimum absolute atomic E-state index is 0.0267. The number of benzene rings is 1. The molecule has 1 aromatic heterocycles. The highest BCUT2D eigenvalue weighted by Gasteiger charge is 2.30. The van der Waals surface area contributed by atoms with E-state index >= 15 is 0 Å². The molecule has 0 spiro atoms. The molecular weight excluding hydrogens is 302 g/mol. The second-order valence-corrected chi connectivity index (χ2v) is 8.04. The van der Waals surface area contributed by atoms with E-state index in [1.807, 2.05) is 43.1 Å². The Hall–Kier alpha value is -1.80. The van der Waals surface area contributed by atoms with Crippen molar-refractivity contribution in [2.24, 2.45) is 0 Å². The predicted molar refractivity (Wildman–Crippen MR) is 82.8 cm³/mol. The first-order valence-corrected chi connectivity index (χ1v) is 9.00. The zero-order chi connectivity index (χ0) is 15.7. The smallest absolute Gasteiger partial charge is 0.204 e. The van der Waals surface area contributed by atoms with Gasteiger partial charge in [-0.2, -0.15) is 0 Å². The average molecular weight is 321 g/mol. The summed E-state index contributed by atoms with van der Waals surface area (Å²) in [5.74, 6) is 1.05. The highest BCUT2D eigenvalue weighted by Crippen LogP contribution is 2.17. The third kappa shape index (κ3) is 3.33. The van der Waals surface area contributed by atoms with Crippen molar-refractivity contribution in [3.05, 3.63) is 29.8 Å². The monoisotopic (exact) mass is 321 g/mol. The number of nitrogens with zero attached hydrogens (tertiary/aromatic N) is 5. The summed E-state index contributed by atoms with van der Waals surface area (Å²) in [7, 11) is -0.993. The third-order valence-electron chi connectivity index (χ3n) is 3.94. The van der Waals surface area contributed by atoms with Crippen LogP contribution >= 0.6 is 0 Å². The molecule has 1 unspecified atom stereocenters. The molecule has 1 saturated heterocycles. The number of sulfone groups is 1. The van der Waals surface area contributed by atoms with Crippen LogP contribution in [-0.4, -0.2) is 58.1 Å². The van der Waals surface area contributed by atoms with E-state index in [1.165, 1.54) is 10.4 Å². The van der Waals surface area contributed by atoms with E-state index in [0.29, 0.717) is 18.9 Å². The molecule has 0 N–H and O–H groups in total. The minimum atomic E-state index is -2.88. The van der Waals surface area contributed by atoms with Crippen LogP contribution in [-0.2, 0) is 16.5 Å². The predicted octanol–water partition coefficient (Wildman–Crippen LogP) is 0.725. The molecular formula is C14H19N5O2S. The molecule has 3 rings (SSSR count). The lowest BCUT2D eigenvalue weighted by Crippen LogP contribution is -2.35. The molecule has 1 aromatic carbocycles. The summed E-state index contributed by atoms with van der Waals surface area (Å²) in [5.41, 5.74) is 2.10. The van der Waals surface area contributed by atoms with Crippen molar-refractivity contribution in [3.8, 4) is 11.4 Å². The molecule has 0 aliphatic carbocycles. The van der Waals surface area contributed by atoms with E-state index in [0.717, 1.165) is 5.56 Å². The Morgan fingerprint density at radius 2 is 2.05 bits per heavy atom. The molecule has 7 nitrogen and oxygen atoms in total. The normalized spacial score (nSPS) is 20.6. The van der Waals surface area contributed by atoms with Crippen LogP contribution in [0.1, 0.15) is 12.0 Å². The zero-order valence-electron chi connectivity index (χ0n) is 12.7. The summed E-state index contributed by atoms with van der Waals surface area (Å²) in [6.07, 6.45) is 0.665. The minimum Gasteiger partial charge on any atom is -0.282 e. The Morgan fingerprint density at radius 3 is 2.68 bits per heavy atom. The highest BCUT2D eigenvalue weighted by atomic mass is 32.2. The Balaban J connectivity index is 1.68. The second-order valence-electron chi connectivity index (χ2n) is 5.81. The van der Waals surface area contributed by atoms with Crippen LogP contribution < -0.4 is 0 Å². The number of aromatic nitrogens is 4. The fourth-order valence-corrected chi connectivity index (χ4v) is 4.36. The molecule has 2 heterocycles. The van der Waals surface area contributed by atoms with E-state index in [4.69, 9.17) is 0 Å². The molecule has 22 heavy (non-hydrogen) atoms. The van der Waals surface area contributed by atoms with Crippen LogP contribution in [0.5, 0.6) is 0 Å². The molecule has 1 atom stereocenters.